The zero-order chi connectivity index (χ0) is 19.2. The average molecular weight is 449 g/mol. The highest BCUT2D eigenvalue weighted by molar-refractivity contribution is 9.10. The van der Waals surface area contributed by atoms with Crippen LogP contribution in [0, 0.1) is 6.92 Å². The zero-order valence-electron chi connectivity index (χ0n) is 14.2. The first-order chi connectivity index (χ1) is 12.3. The monoisotopic (exact) mass is 448 g/mol. The maximum absolute atomic E-state index is 12.8. The molecular weight excluding hydrogens is 429 g/mol. The van der Waals surface area contributed by atoms with E-state index in [4.69, 9.17) is 12.2 Å². The first-order valence-corrected chi connectivity index (χ1v) is 9.35. The van der Waals surface area contributed by atoms with Gasteiger partial charge in [-0.15, -0.1) is 0 Å². The van der Waals surface area contributed by atoms with Gasteiger partial charge in [-0.3, -0.25) is 4.68 Å². The fourth-order valence-electron chi connectivity index (χ4n) is 2.38. The summed E-state index contributed by atoms with van der Waals surface area (Å²) < 4.78 is 39.9. The minimum Gasteiger partial charge on any atom is -0.363 e. The zero-order valence-corrected chi connectivity index (χ0v) is 16.6. The van der Waals surface area contributed by atoms with Gasteiger partial charge in [0.1, 0.15) is 0 Å². The minimum atomic E-state index is -4.46. The molecule has 4 nitrogen and oxygen atoms in total. The molecule has 9 heteroatoms. The quantitative estimate of drug-likeness (QED) is 0.494. The van der Waals surface area contributed by atoms with E-state index in [-0.39, 0.29) is 4.47 Å². The highest BCUT2D eigenvalue weighted by Crippen LogP contribution is 2.35. The van der Waals surface area contributed by atoms with Crippen molar-refractivity contribution in [2.75, 3.05) is 13.1 Å². The summed E-state index contributed by atoms with van der Waals surface area (Å²) in [6, 6.07) is 10.1. The molecule has 0 aliphatic heterocycles. The fourth-order valence-corrected chi connectivity index (χ4v) is 3.09. The lowest BCUT2D eigenvalue weighted by atomic mass is 10.1. The lowest BCUT2D eigenvalue weighted by Crippen LogP contribution is -2.37. The van der Waals surface area contributed by atoms with E-state index in [9.17, 15) is 13.2 Å². The number of nitrogens with zero attached hydrogens (tertiary/aromatic N) is 2. The molecule has 1 aromatic carbocycles. The van der Waals surface area contributed by atoms with Crippen LogP contribution in [0.4, 0.5) is 13.2 Å². The van der Waals surface area contributed by atoms with Crippen LogP contribution in [0.3, 0.4) is 0 Å². The number of aromatic nitrogens is 2. The Hall–Kier alpha value is -1.61. The van der Waals surface area contributed by atoms with Crippen LogP contribution in [0.1, 0.15) is 23.4 Å². The number of thiocarbonyl (C=S) groups is 1. The summed E-state index contributed by atoms with van der Waals surface area (Å²) in [7, 11) is 0. The number of rotatable bonds is 7. The molecule has 0 aliphatic rings. The molecule has 0 unspecified atom stereocenters. The molecule has 0 spiro atoms. The van der Waals surface area contributed by atoms with Crippen molar-refractivity contribution in [2.45, 2.75) is 32.5 Å². The third kappa shape index (κ3) is 5.98. The second-order valence-corrected chi connectivity index (χ2v) is 6.94. The summed E-state index contributed by atoms with van der Waals surface area (Å²) in [5.41, 5.74) is 0.796. The van der Waals surface area contributed by atoms with Gasteiger partial charge in [-0.1, -0.05) is 30.3 Å². The number of nitrogens with one attached hydrogen (secondary N) is 2. The van der Waals surface area contributed by atoms with Crippen LogP contribution in [0.15, 0.2) is 34.8 Å². The van der Waals surface area contributed by atoms with Crippen LogP contribution in [0.5, 0.6) is 0 Å². The predicted octanol–water partition coefficient (Wildman–Crippen LogP) is 4.07. The molecule has 142 valence electrons. The molecule has 2 aromatic rings. The van der Waals surface area contributed by atoms with Crippen LogP contribution < -0.4 is 10.6 Å². The van der Waals surface area contributed by atoms with Gasteiger partial charge in [-0.05, 0) is 53.5 Å². The molecule has 1 aromatic heterocycles. The fraction of sp³-hybridized carbons (Fsp3) is 0.412. The van der Waals surface area contributed by atoms with Crippen LogP contribution in [-0.4, -0.2) is 28.0 Å². The minimum absolute atomic E-state index is 0.00365. The van der Waals surface area contributed by atoms with Gasteiger partial charge in [0.25, 0.3) is 0 Å². The largest absolute Gasteiger partial charge is 0.436 e. The number of alkyl halides is 3. The Bertz CT molecular complexity index is 732. The van der Waals surface area contributed by atoms with E-state index in [1.807, 2.05) is 18.2 Å². The van der Waals surface area contributed by atoms with Crippen LogP contribution in [0.25, 0.3) is 0 Å². The van der Waals surface area contributed by atoms with Crippen molar-refractivity contribution in [2.24, 2.45) is 0 Å². The molecule has 0 radical (unpaired) electrons. The number of hydrogen-bond acceptors (Lipinski definition) is 2. The highest BCUT2D eigenvalue weighted by atomic mass is 79.9. The third-order valence-corrected chi connectivity index (χ3v) is 5.01. The van der Waals surface area contributed by atoms with Gasteiger partial charge in [0.15, 0.2) is 10.8 Å². The molecule has 1 heterocycles. The van der Waals surface area contributed by atoms with Crippen molar-refractivity contribution in [1.29, 1.82) is 0 Å². The Balaban J connectivity index is 1.69. The molecule has 0 amide bonds. The normalized spacial score (nSPS) is 11.4. The molecular formula is C17H20BrF3N4S. The van der Waals surface area contributed by atoms with E-state index >= 15 is 0 Å². The van der Waals surface area contributed by atoms with Crippen molar-refractivity contribution >= 4 is 33.3 Å². The average Bonchev–Trinajstić information content (AvgIpc) is 2.88. The lowest BCUT2D eigenvalue weighted by Gasteiger charge is -2.11. The van der Waals surface area contributed by atoms with E-state index in [1.54, 1.807) is 6.92 Å². The Morgan fingerprint density at radius 1 is 1.19 bits per heavy atom. The van der Waals surface area contributed by atoms with Crippen LogP contribution in [0.2, 0.25) is 0 Å². The summed E-state index contributed by atoms with van der Waals surface area (Å²) in [5.74, 6) is 0. The standard InChI is InChI=1S/C17H20BrF3N4S/c1-12-14(18)15(17(19,20)21)24-25(12)11-5-9-22-16(26)23-10-8-13-6-3-2-4-7-13/h2-4,6-7H,5,8-11H2,1H3,(H2,22,23,26). The van der Waals surface area contributed by atoms with E-state index < -0.39 is 11.9 Å². The van der Waals surface area contributed by atoms with Gasteiger partial charge < -0.3 is 10.6 Å². The smallest absolute Gasteiger partial charge is 0.363 e. The number of hydrogen-bond donors (Lipinski definition) is 2. The molecule has 26 heavy (non-hydrogen) atoms. The molecule has 0 aliphatic carbocycles. The Kier molecular flexibility index (Phi) is 7.45. The van der Waals surface area contributed by atoms with Crippen molar-refractivity contribution in [3.63, 3.8) is 0 Å². The molecule has 0 fully saturated rings. The van der Waals surface area contributed by atoms with E-state index in [0.717, 1.165) is 13.0 Å². The number of halogens is 4. The van der Waals surface area contributed by atoms with E-state index in [1.165, 1.54) is 10.2 Å². The lowest BCUT2D eigenvalue weighted by molar-refractivity contribution is -0.142. The maximum atomic E-state index is 12.8. The summed E-state index contributed by atoms with van der Waals surface area (Å²) in [4.78, 5) is 0. The van der Waals surface area contributed by atoms with Crippen molar-refractivity contribution in [1.82, 2.24) is 20.4 Å². The number of benzene rings is 1. The summed E-state index contributed by atoms with van der Waals surface area (Å²) in [5, 5.41) is 10.4. The van der Waals surface area contributed by atoms with Gasteiger partial charge in [0.2, 0.25) is 0 Å². The van der Waals surface area contributed by atoms with Gasteiger partial charge in [-0.25, -0.2) is 0 Å². The second-order valence-electron chi connectivity index (χ2n) is 5.74. The summed E-state index contributed by atoms with van der Waals surface area (Å²) in [6.45, 7) is 3.25. The van der Waals surface area contributed by atoms with Crippen LogP contribution >= 0.6 is 28.1 Å². The molecule has 0 atom stereocenters. The van der Waals surface area contributed by atoms with Gasteiger partial charge in [0.05, 0.1) is 10.2 Å². The summed E-state index contributed by atoms with van der Waals surface area (Å²) in [6.07, 6.45) is -2.99. The Morgan fingerprint density at radius 2 is 1.85 bits per heavy atom. The van der Waals surface area contributed by atoms with E-state index in [0.29, 0.717) is 30.3 Å². The first kappa shape index (κ1) is 20.7. The Labute approximate surface area is 164 Å². The van der Waals surface area contributed by atoms with Crippen molar-refractivity contribution < 1.29 is 13.2 Å². The highest BCUT2D eigenvalue weighted by Gasteiger charge is 2.37. The maximum Gasteiger partial charge on any atom is 0.436 e. The SMILES string of the molecule is Cc1c(Br)c(C(F)(F)F)nn1CCCNC(=S)NCCc1ccccc1. The number of aryl methyl sites for hydroxylation is 1. The van der Waals surface area contributed by atoms with Crippen molar-refractivity contribution in [3.8, 4) is 0 Å². The van der Waals surface area contributed by atoms with Crippen LogP contribution in [-0.2, 0) is 19.1 Å². The third-order valence-electron chi connectivity index (χ3n) is 3.78. The predicted molar refractivity (Wildman–Crippen MR) is 103 cm³/mol. The topological polar surface area (TPSA) is 41.9 Å². The molecule has 0 saturated carbocycles. The molecule has 2 N–H and O–H groups in total. The molecule has 0 saturated heterocycles. The molecule has 2 rings (SSSR count). The first-order valence-electron chi connectivity index (χ1n) is 8.14. The van der Waals surface area contributed by atoms with Crippen molar-refractivity contribution in [3.05, 3.63) is 51.8 Å². The Morgan fingerprint density at radius 3 is 2.46 bits per heavy atom. The summed E-state index contributed by atoms with van der Waals surface area (Å²) >= 11 is 8.17. The second kappa shape index (κ2) is 9.36. The van der Waals surface area contributed by atoms with Gasteiger partial charge in [-0.2, -0.15) is 18.3 Å². The molecule has 0 bridgehead atoms. The van der Waals surface area contributed by atoms with Gasteiger partial charge >= 0.3 is 6.18 Å². The van der Waals surface area contributed by atoms with E-state index in [2.05, 4.69) is 43.8 Å². The van der Waals surface area contributed by atoms with Gasteiger partial charge in [0, 0.05) is 19.6 Å².